The topological polar surface area (TPSA) is 72.3 Å². The van der Waals surface area contributed by atoms with Gasteiger partial charge in [0.25, 0.3) is 0 Å². The van der Waals surface area contributed by atoms with E-state index in [1.54, 1.807) is 0 Å². The number of amides is 1. The Kier molecular flexibility index (Phi) is 5.94. The summed E-state index contributed by atoms with van der Waals surface area (Å²) < 4.78 is 7.58. The lowest BCUT2D eigenvalue weighted by Crippen LogP contribution is -2.15. The molecule has 2 heterocycles. The molecule has 4 rings (SSSR count). The maximum absolute atomic E-state index is 12.4. The van der Waals surface area contributed by atoms with Gasteiger partial charge in [-0.2, -0.15) is 0 Å². The zero-order chi connectivity index (χ0) is 21.1. The van der Waals surface area contributed by atoms with Crippen LogP contribution in [0.4, 0.5) is 17.3 Å². The second kappa shape index (κ2) is 8.79. The van der Waals surface area contributed by atoms with Crippen LogP contribution in [0.3, 0.4) is 0 Å². The molecule has 0 bridgehead atoms. The lowest BCUT2D eigenvalue weighted by Gasteiger charge is -2.15. The number of benzene rings is 2. The van der Waals surface area contributed by atoms with Crippen molar-refractivity contribution in [2.45, 2.75) is 32.5 Å². The Hall–Kier alpha value is -3.00. The van der Waals surface area contributed by atoms with Gasteiger partial charge in [-0.1, -0.05) is 23.9 Å². The minimum atomic E-state index is -0.0487. The van der Waals surface area contributed by atoms with Gasteiger partial charge >= 0.3 is 0 Å². The summed E-state index contributed by atoms with van der Waals surface area (Å²) in [5, 5.41) is 12.4. The lowest BCUT2D eigenvalue weighted by molar-refractivity contribution is -0.113. The van der Waals surface area contributed by atoms with E-state index in [-0.39, 0.29) is 11.7 Å². The highest BCUT2D eigenvalue weighted by Gasteiger charge is 2.26. The lowest BCUT2D eigenvalue weighted by atomic mass is 10.1. The van der Waals surface area contributed by atoms with Gasteiger partial charge in [-0.3, -0.25) is 9.36 Å². The maximum atomic E-state index is 12.4. The summed E-state index contributed by atoms with van der Waals surface area (Å²) in [5.41, 5.74) is 4.07. The summed E-state index contributed by atoms with van der Waals surface area (Å²) in [6.07, 6.45) is 0. The largest absolute Gasteiger partial charge is 0.494 e. The van der Waals surface area contributed by atoms with Gasteiger partial charge in [0.15, 0.2) is 5.16 Å². The molecule has 1 N–H and O–H groups in total. The van der Waals surface area contributed by atoms with Crippen LogP contribution < -0.4 is 15.0 Å². The molecule has 0 aliphatic carbocycles. The van der Waals surface area contributed by atoms with Crippen LogP contribution in [0.15, 0.2) is 47.6 Å². The maximum Gasteiger partial charge on any atom is 0.234 e. The molecule has 8 heteroatoms. The standard InChI is InChI=1S/C22H25N5O2S/c1-4-29-18-9-7-17(8-10-18)26-11-12-27-21(26)24-25-22(27)30-14-20(28)23-19-13-15(2)5-6-16(19)3/h5-10,13H,4,11-12,14H2,1-3H3,(H,23,28). The average molecular weight is 424 g/mol. The molecule has 0 saturated heterocycles. The van der Waals surface area contributed by atoms with Crippen molar-refractivity contribution in [2.75, 3.05) is 29.1 Å². The third-order valence-electron chi connectivity index (χ3n) is 4.94. The Morgan fingerprint density at radius 2 is 1.93 bits per heavy atom. The number of carbonyl (C=O) groups excluding carboxylic acids is 1. The average Bonchev–Trinajstić information content (AvgIpc) is 3.32. The number of hydrogen-bond acceptors (Lipinski definition) is 6. The molecule has 156 valence electrons. The first-order valence-corrected chi connectivity index (χ1v) is 11.0. The summed E-state index contributed by atoms with van der Waals surface area (Å²) in [5.74, 6) is 1.89. The number of nitrogens with zero attached hydrogens (tertiary/aromatic N) is 4. The van der Waals surface area contributed by atoms with E-state index in [2.05, 4.69) is 25.0 Å². The Bertz CT molecular complexity index is 1050. The molecule has 3 aromatic rings. The van der Waals surface area contributed by atoms with Crippen molar-refractivity contribution in [3.05, 3.63) is 53.6 Å². The van der Waals surface area contributed by atoms with Gasteiger partial charge in [0, 0.05) is 24.5 Å². The van der Waals surface area contributed by atoms with Crippen LogP contribution in [0.1, 0.15) is 18.1 Å². The Balaban J connectivity index is 1.40. The molecule has 0 atom stereocenters. The zero-order valence-electron chi connectivity index (χ0n) is 17.4. The van der Waals surface area contributed by atoms with Crippen molar-refractivity contribution in [3.63, 3.8) is 0 Å². The van der Waals surface area contributed by atoms with E-state index in [4.69, 9.17) is 4.74 Å². The number of thioether (sulfide) groups is 1. The smallest absolute Gasteiger partial charge is 0.234 e. The van der Waals surface area contributed by atoms with Crippen LogP contribution in [0.25, 0.3) is 0 Å². The van der Waals surface area contributed by atoms with Crippen LogP contribution in [0, 0.1) is 13.8 Å². The van der Waals surface area contributed by atoms with E-state index < -0.39 is 0 Å². The molecule has 1 aromatic heterocycles. The highest BCUT2D eigenvalue weighted by molar-refractivity contribution is 7.99. The second-order valence-corrected chi connectivity index (χ2v) is 8.11. The van der Waals surface area contributed by atoms with E-state index in [1.807, 2.05) is 63.2 Å². The Labute approximate surface area is 180 Å². The minimum absolute atomic E-state index is 0.0487. The molecular formula is C22H25N5O2S. The fourth-order valence-corrected chi connectivity index (χ4v) is 4.16. The predicted octanol–water partition coefficient (Wildman–Crippen LogP) is 4.18. The van der Waals surface area contributed by atoms with Crippen LogP contribution in [0.5, 0.6) is 5.75 Å². The summed E-state index contributed by atoms with van der Waals surface area (Å²) in [7, 11) is 0. The molecule has 0 spiro atoms. The van der Waals surface area contributed by atoms with Crippen LogP contribution >= 0.6 is 11.8 Å². The first-order chi connectivity index (χ1) is 14.5. The third-order valence-corrected chi connectivity index (χ3v) is 5.91. The first-order valence-electron chi connectivity index (χ1n) is 9.98. The number of rotatable bonds is 7. The van der Waals surface area contributed by atoms with Crippen molar-refractivity contribution in [3.8, 4) is 5.75 Å². The number of ether oxygens (including phenoxy) is 1. The Morgan fingerprint density at radius 1 is 1.13 bits per heavy atom. The first kappa shape index (κ1) is 20.3. The molecular weight excluding hydrogens is 398 g/mol. The summed E-state index contributed by atoms with van der Waals surface area (Å²) in [4.78, 5) is 14.6. The quantitative estimate of drug-likeness (QED) is 0.575. The fraction of sp³-hybridized carbons (Fsp3) is 0.318. The van der Waals surface area contributed by atoms with E-state index in [9.17, 15) is 4.79 Å². The summed E-state index contributed by atoms with van der Waals surface area (Å²) >= 11 is 1.41. The SMILES string of the molecule is CCOc1ccc(N2CCn3c(SCC(=O)Nc4cc(C)ccc4C)nnc32)cc1. The number of hydrogen-bond donors (Lipinski definition) is 1. The van der Waals surface area contributed by atoms with Crippen molar-refractivity contribution >= 4 is 35.0 Å². The molecule has 0 fully saturated rings. The van der Waals surface area contributed by atoms with Gasteiger partial charge in [0.2, 0.25) is 11.9 Å². The van der Waals surface area contributed by atoms with Crippen LogP contribution in [-0.2, 0) is 11.3 Å². The van der Waals surface area contributed by atoms with Crippen molar-refractivity contribution in [1.29, 1.82) is 0 Å². The van der Waals surface area contributed by atoms with Gasteiger partial charge < -0.3 is 15.0 Å². The molecule has 0 saturated carbocycles. The van der Waals surface area contributed by atoms with E-state index in [0.29, 0.717) is 6.61 Å². The summed E-state index contributed by atoms with van der Waals surface area (Å²) in [6, 6.07) is 14.0. The van der Waals surface area contributed by atoms with E-state index >= 15 is 0 Å². The third kappa shape index (κ3) is 4.28. The second-order valence-electron chi connectivity index (χ2n) is 7.17. The van der Waals surface area contributed by atoms with Crippen LogP contribution in [-0.4, -0.2) is 39.6 Å². The number of anilines is 3. The highest BCUT2D eigenvalue weighted by atomic mass is 32.2. The molecule has 1 aliphatic heterocycles. The van der Waals surface area contributed by atoms with Crippen LogP contribution in [0.2, 0.25) is 0 Å². The van der Waals surface area contributed by atoms with E-state index in [0.717, 1.165) is 52.4 Å². The van der Waals surface area contributed by atoms with Gasteiger partial charge in [-0.15, -0.1) is 10.2 Å². The molecule has 0 unspecified atom stereocenters. The number of aromatic nitrogens is 3. The Morgan fingerprint density at radius 3 is 2.70 bits per heavy atom. The molecule has 2 aromatic carbocycles. The summed E-state index contributed by atoms with van der Waals surface area (Å²) in [6.45, 7) is 8.23. The molecule has 30 heavy (non-hydrogen) atoms. The number of fused-ring (bicyclic) bond motifs is 1. The fourth-order valence-electron chi connectivity index (χ4n) is 3.40. The zero-order valence-corrected chi connectivity index (χ0v) is 18.2. The number of aryl methyl sites for hydroxylation is 2. The monoisotopic (exact) mass is 423 g/mol. The number of carbonyl (C=O) groups is 1. The highest BCUT2D eigenvalue weighted by Crippen LogP contribution is 2.33. The van der Waals surface area contributed by atoms with E-state index in [1.165, 1.54) is 11.8 Å². The predicted molar refractivity (Wildman–Crippen MR) is 120 cm³/mol. The van der Waals surface area contributed by atoms with Crippen molar-refractivity contribution in [1.82, 2.24) is 14.8 Å². The number of nitrogens with one attached hydrogen (secondary N) is 1. The minimum Gasteiger partial charge on any atom is -0.494 e. The van der Waals surface area contributed by atoms with Crippen molar-refractivity contribution < 1.29 is 9.53 Å². The van der Waals surface area contributed by atoms with Gasteiger partial charge in [-0.25, -0.2) is 0 Å². The molecule has 0 radical (unpaired) electrons. The van der Waals surface area contributed by atoms with Gasteiger partial charge in [0.05, 0.1) is 12.4 Å². The van der Waals surface area contributed by atoms with Gasteiger partial charge in [0.1, 0.15) is 5.75 Å². The normalized spacial score (nSPS) is 12.7. The van der Waals surface area contributed by atoms with Crippen molar-refractivity contribution in [2.24, 2.45) is 0 Å². The molecule has 1 aliphatic rings. The molecule has 7 nitrogen and oxygen atoms in total. The molecule has 1 amide bonds. The van der Waals surface area contributed by atoms with Gasteiger partial charge in [-0.05, 0) is 62.2 Å².